The first-order valence-electron chi connectivity index (χ1n) is 6.29. The van der Waals surface area contributed by atoms with Crippen LogP contribution in [-0.4, -0.2) is 18.0 Å². The minimum absolute atomic E-state index is 0.174. The van der Waals surface area contributed by atoms with Crippen LogP contribution in [0.5, 0.6) is 5.75 Å². The highest BCUT2D eigenvalue weighted by Crippen LogP contribution is 2.22. The van der Waals surface area contributed by atoms with E-state index in [0.29, 0.717) is 23.5 Å². The summed E-state index contributed by atoms with van der Waals surface area (Å²) in [5.74, 6) is 0.390. The standard InChI is InChI=1S/C14H17N3O2S/c1-3-10-7-16-13(20-10)8-17-14(18)9-4-5-12(19-2)11(15)6-9/h4-7H,3,8,15H2,1-2H3,(H,17,18). The molecule has 0 aliphatic heterocycles. The molecule has 2 rings (SSSR count). The molecule has 3 N–H and O–H groups in total. The summed E-state index contributed by atoms with van der Waals surface area (Å²) < 4.78 is 5.06. The number of anilines is 1. The molecule has 0 radical (unpaired) electrons. The Labute approximate surface area is 121 Å². The maximum absolute atomic E-state index is 12.0. The van der Waals surface area contributed by atoms with E-state index in [4.69, 9.17) is 10.5 Å². The number of thiazole rings is 1. The van der Waals surface area contributed by atoms with Gasteiger partial charge in [0, 0.05) is 16.6 Å². The van der Waals surface area contributed by atoms with Crippen molar-refractivity contribution in [2.24, 2.45) is 0 Å². The highest BCUT2D eigenvalue weighted by atomic mass is 32.1. The van der Waals surface area contributed by atoms with Gasteiger partial charge in [-0.15, -0.1) is 11.3 Å². The predicted octanol–water partition coefficient (Wildman–Crippen LogP) is 2.23. The molecule has 6 heteroatoms. The summed E-state index contributed by atoms with van der Waals surface area (Å²) in [5, 5.41) is 3.73. The van der Waals surface area contributed by atoms with E-state index in [1.165, 1.54) is 4.88 Å². The zero-order valence-electron chi connectivity index (χ0n) is 11.5. The van der Waals surface area contributed by atoms with E-state index < -0.39 is 0 Å². The van der Waals surface area contributed by atoms with Crippen molar-refractivity contribution in [3.05, 3.63) is 39.8 Å². The van der Waals surface area contributed by atoms with Crippen LogP contribution in [-0.2, 0) is 13.0 Å². The number of aromatic nitrogens is 1. The molecule has 1 aromatic carbocycles. The van der Waals surface area contributed by atoms with Gasteiger partial charge in [-0.25, -0.2) is 4.98 Å². The molecule has 1 amide bonds. The van der Waals surface area contributed by atoms with Gasteiger partial charge < -0.3 is 15.8 Å². The molecule has 0 atom stereocenters. The van der Waals surface area contributed by atoms with Gasteiger partial charge in [0.05, 0.1) is 19.3 Å². The highest BCUT2D eigenvalue weighted by Gasteiger charge is 2.09. The molecular formula is C14H17N3O2S. The smallest absolute Gasteiger partial charge is 0.251 e. The Balaban J connectivity index is 1.99. The lowest BCUT2D eigenvalue weighted by Gasteiger charge is -2.07. The van der Waals surface area contributed by atoms with Crippen molar-refractivity contribution in [2.75, 3.05) is 12.8 Å². The number of hydrogen-bond acceptors (Lipinski definition) is 5. The normalized spacial score (nSPS) is 10.3. The van der Waals surface area contributed by atoms with Crippen LogP contribution in [0, 0.1) is 0 Å². The third kappa shape index (κ3) is 3.27. The molecule has 20 heavy (non-hydrogen) atoms. The molecule has 1 aromatic heterocycles. The average molecular weight is 291 g/mol. The summed E-state index contributed by atoms with van der Waals surface area (Å²) in [6.07, 6.45) is 2.80. The molecule has 5 nitrogen and oxygen atoms in total. The van der Waals surface area contributed by atoms with Gasteiger partial charge in [-0.05, 0) is 24.6 Å². The third-order valence-electron chi connectivity index (χ3n) is 2.84. The zero-order valence-corrected chi connectivity index (χ0v) is 12.3. The molecule has 0 saturated carbocycles. The second kappa shape index (κ2) is 6.38. The van der Waals surface area contributed by atoms with E-state index in [-0.39, 0.29) is 5.91 Å². The maximum atomic E-state index is 12.0. The second-order valence-electron chi connectivity index (χ2n) is 4.21. The van der Waals surface area contributed by atoms with Crippen molar-refractivity contribution in [1.82, 2.24) is 10.3 Å². The van der Waals surface area contributed by atoms with Crippen molar-refractivity contribution in [2.45, 2.75) is 19.9 Å². The number of rotatable bonds is 5. The number of benzene rings is 1. The third-order valence-corrected chi connectivity index (χ3v) is 3.98. The van der Waals surface area contributed by atoms with E-state index in [1.54, 1.807) is 36.6 Å². The Morgan fingerprint density at radius 2 is 2.30 bits per heavy atom. The van der Waals surface area contributed by atoms with Crippen LogP contribution in [0.15, 0.2) is 24.4 Å². The van der Waals surface area contributed by atoms with Crippen molar-refractivity contribution >= 4 is 22.9 Å². The van der Waals surface area contributed by atoms with Gasteiger partial charge in [-0.2, -0.15) is 0 Å². The van der Waals surface area contributed by atoms with Crippen LogP contribution in [0.1, 0.15) is 27.2 Å². The molecule has 0 bridgehead atoms. The molecule has 0 spiro atoms. The predicted molar refractivity (Wildman–Crippen MR) is 80.1 cm³/mol. The lowest BCUT2D eigenvalue weighted by atomic mass is 10.2. The number of carbonyl (C=O) groups is 1. The lowest BCUT2D eigenvalue weighted by molar-refractivity contribution is 0.0951. The number of amides is 1. The first kappa shape index (κ1) is 14.3. The van der Waals surface area contributed by atoms with E-state index in [1.807, 2.05) is 6.20 Å². The van der Waals surface area contributed by atoms with Gasteiger partial charge in [0.1, 0.15) is 10.8 Å². The van der Waals surface area contributed by atoms with E-state index in [0.717, 1.165) is 11.4 Å². The van der Waals surface area contributed by atoms with Crippen molar-refractivity contribution in [3.8, 4) is 5.75 Å². The van der Waals surface area contributed by atoms with Gasteiger partial charge >= 0.3 is 0 Å². The molecule has 0 unspecified atom stereocenters. The summed E-state index contributed by atoms with van der Waals surface area (Å²) in [6.45, 7) is 2.51. The Hall–Kier alpha value is -2.08. The minimum Gasteiger partial charge on any atom is -0.495 e. The maximum Gasteiger partial charge on any atom is 0.251 e. The minimum atomic E-state index is -0.174. The Morgan fingerprint density at radius 3 is 2.90 bits per heavy atom. The lowest BCUT2D eigenvalue weighted by Crippen LogP contribution is -2.22. The molecule has 2 aromatic rings. The summed E-state index contributed by atoms with van der Waals surface area (Å²) in [7, 11) is 1.54. The fourth-order valence-electron chi connectivity index (χ4n) is 1.73. The van der Waals surface area contributed by atoms with Gasteiger partial charge in [-0.1, -0.05) is 6.92 Å². The SMILES string of the molecule is CCc1cnc(CNC(=O)c2ccc(OC)c(N)c2)s1. The van der Waals surface area contributed by atoms with Crippen LogP contribution in [0.25, 0.3) is 0 Å². The van der Waals surface area contributed by atoms with Crippen molar-refractivity contribution in [3.63, 3.8) is 0 Å². The van der Waals surface area contributed by atoms with Crippen LogP contribution < -0.4 is 15.8 Å². The number of ether oxygens (including phenoxy) is 1. The number of aryl methyl sites for hydroxylation is 1. The number of nitrogens with zero attached hydrogens (tertiary/aromatic N) is 1. The van der Waals surface area contributed by atoms with Crippen molar-refractivity contribution in [1.29, 1.82) is 0 Å². The molecule has 0 aliphatic rings. The average Bonchev–Trinajstić information content (AvgIpc) is 2.92. The quantitative estimate of drug-likeness (QED) is 0.828. The first-order valence-corrected chi connectivity index (χ1v) is 7.11. The fourth-order valence-corrected chi connectivity index (χ4v) is 2.53. The summed E-state index contributed by atoms with van der Waals surface area (Å²) in [6, 6.07) is 4.97. The Bertz CT molecular complexity index is 610. The zero-order chi connectivity index (χ0) is 14.5. The molecular weight excluding hydrogens is 274 g/mol. The molecule has 0 saturated heterocycles. The summed E-state index contributed by atoms with van der Waals surface area (Å²) in [4.78, 5) is 17.5. The number of nitrogens with two attached hydrogens (primary N) is 1. The van der Waals surface area contributed by atoms with Gasteiger partial charge in [0.2, 0.25) is 0 Å². The molecule has 0 fully saturated rings. The summed E-state index contributed by atoms with van der Waals surface area (Å²) in [5.41, 5.74) is 6.74. The van der Waals surface area contributed by atoms with Gasteiger partial charge in [-0.3, -0.25) is 4.79 Å². The number of nitrogens with one attached hydrogen (secondary N) is 1. The first-order chi connectivity index (χ1) is 9.63. The summed E-state index contributed by atoms with van der Waals surface area (Å²) >= 11 is 1.61. The Morgan fingerprint density at radius 1 is 1.50 bits per heavy atom. The van der Waals surface area contributed by atoms with Crippen LogP contribution >= 0.6 is 11.3 Å². The van der Waals surface area contributed by atoms with E-state index in [2.05, 4.69) is 17.2 Å². The van der Waals surface area contributed by atoms with Gasteiger partial charge in [0.15, 0.2) is 0 Å². The number of methoxy groups -OCH3 is 1. The monoisotopic (exact) mass is 291 g/mol. The largest absolute Gasteiger partial charge is 0.495 e. The number of hydrogen-bond donors (Lipinski definition) is 2. The number of carbonyl (C=O) groups excluding carboxylic acids is 1. The van der Waals surface area contributed by atoms with Gasteiger partial charge in [0.25, 0.3) is 5.91 Å². The molecule has 1 heterocycles. The molecule has 0 aliphatic carbocycles. The van der Waals surface area contributed by atoms with E-state index >= 15 is 0 Å². The van der Waals surface area contributed by atoms with Crippen LogP contribution in [0.2, 0.25) is 0 Å². The molecule has 106 valence electrons. The second-order valence-corrected chi connectivity index (χ2v) is 5.41. The van der Waals surface area contributed by atoms with Crippen LogP contribution in [0.4, 0.5) is 5.69 Å². The fraction of sp³-hybridized carbons (Fsp3) is 0.286. The topological polar surface area (TPSA) is 77.2 Å². The Kier molecular flexibility index (Phi) is 4.57. The highest BCUT2D eigenvalue weighted by molar-refractivity contribution is 7.11. The van der Waals surface area contributed by atoms with Crippen molar-refractivity contribution < 1.29 is 9.53 Å². The number of nitrogen functional groups attached to an aromatic ring is 1. The van der Waals surface area contributed by atoms with E-state index in [9.17, 15) is 4.79 Å². The van der Waals surface area contributed by atoms with Crippen LogP contribution in [0.3, 0.4) is 0 Å².